The summed E-state index contributed by atoms with van der Waals surface area (Å²) in [5.41, 5.74) is 3.32. The van der Waals surface area contributed by atoms with Gasteiger partial charge < -0.3 is 9.80 Å². The smallest absolute Gasteiger partial charge is 0.178 e. The van der Waals surface area contributed by atoms with Gasteiger partial charge in [-0.1, -0.05) is 18.2 Å². The van der Waals surface area contributed by atoms with Gasteiger partial charge in [0.2, 0.25) is 0 Å². The second kappa shape index (κ2) is 6.76. The molecule has 1 heterocycles. The molecule has 0 bridgehead atoms. The van der Waals surface area contributed by atoms with Gasteiger partial charge in [0, 0.05) is 33.9 Å². The first-order valence-electron chi connectivity index (χ1n) is 8.04. The van der Waals surface area contributed by atoms with Crippen LogP contribution in [0.15, 0.2) is 64.7 Å². The molecule has 0 saturated carbocycles. The number of para-hydroxylation sites is 1. The van der Waals surface area contributed by atoms with E-state index >= 15 is 0 Å². The number of hydrogen-bond acceptors (Lipinski definition) is 5. The van der Waals surface area contributed by atoms with Crippen LogP contribution in [0.2, 0.25) is 0 Å². The summed E-state index contributed by atoms with van der Waals surface area (Å²) in [6.07, 6.45) is 0. The first kappa shape index (κ1) is 16.7. The number of hydrazone groups is 1. The van der Waals surface area contributed by atoms with Crippen LogP contribution in [-0.2, 0) is 0 Å². The third kappa shape index (κ3) is 3.38. The van der Waals surface area contributed by atoms with Crippen LogP contribution in [0.3, 0.4) is 0 Å². The van der Waals surface area contributed by atoms with Crippen LogP contribution >= 0.6 is 0 Å². The molecule has 1 N–H and O–H groups in total. The van der Waals surface area contributed by atoms with Crippen molar-refractivity contribution >= 4 is 34.4 Å². The highest BCUT2D eigenvalue weighted by Crippen LogP contribution is 2.23. The molecule has 1 aliphatic rings. The van der Waals surface area contributed by atoms with Gasteiger partial charge in [-0.15, -0.1) is 5.10 Å². The highest BCUT2D eigenvalue weighted by atomic mass is 15.5. The number of anilines is 2. The summed E-state index contributed by atoms with van der Waals surface area (Å²) in [6.45, 7) is 0. The van der Waals surface area contributed by atoms with E-state index in [0.717, 1.165) is 17.1 Å². The quantitative estimate of drug-likeness (QED) is 0.938. The Morgan fingerprint density at radius 1 is 0.880 bits per heavy atom. The molecule has 1 aliphatic heterocycles. The zero-order valence-electron chi connectivity index (χ0n) is 14.9. The molecule has 0 unspecified atom stereocenters. The van der Waals surface area contributed by atoms with Crippen molar-refractivity contribution in [3.63, 3.8) is 0 Å². The lowest BCUT2D eigenvalue weighted by atomic mass is 10.2. The number of nitrogens with zero attached hydrogens (tertiary/aromatic N) is 5. The topological polar surface area (TPSA) is 58.3 Å². The summed E-state index contributed by atoms with van der Waals surface area (Å²) >= 11 is 0. The molecule has 6 nitrogen and oxygen atoms in total. The van der Waals surface area contributed by atoms with E-state index in [0.29, 0.717) is 11.5 Å². The summed E-state index contributed by atoms with van der Waals surface area (Å²) in [7, 11) is 7.82. The highest BCUT2D eigenvalue weighted by Gasteiger charge is 2.31. The van der Waals surface area contributed by atoms with Crippen molar-refractivity contribution in [1.29, 1.82) is 5.41 Å². The zero-order chi connectivity index (χ0) is 18.0. The maximum absolute atomic E-state index is 8.53. The molecular formula is C19H22N6. The number of amidine groups is 2. The van der Waals surface area contributed by atoms with Gasteiger partial charge in [-0.3, -0.25) is 5.41 Å². The van der Waals surface area contributed by atoms with Crippen molar-refractivity contribution in [3.05, 3.63) is 54.6 Å². The van der Waals surface area contributed by atoms with Crippen molar-refractivity contribution in [2.24, 2.45) is 10.1 Å². The standard InChI is InChI=1S/C19H22N6/c1-23(2)15-12-10-14(11-13-15)21-17-18(20)25(22-19(17)24(3)4)16-8-6-5-7-9-16/h5-13,20H,1-4H3. The van der Waals surface area contributed by atoms with Crippen LogP contribution in [0.1, 0.15) is 0 Å². The average molecular weight is 334 g/mol. The molecule has 0 spiro atoms. The fourth-order valence-corrected chi connectivity index (χ4v) is 2.51. The Morgan fingerprint density at radius 2 is 1.52 bits per heavy atom. The first-order valence-corrected chi connectivity index (χ1v) is 8.04. The molecule has 2 aromatic rings. The van der Waals surface area contributed by atoms with Gasteiger partial charge in [-0.25, -0.2) is 10.0 Å². The predicted molar refractivity (Wildman–Crippen MR) is 106 cm³/mol. The van der Waals surface area contributed by atoms with Crippen LogP contribution in [0, 0.1) is 5.41 Å². The summed E-state index contributed by atoms with van der Waals surface area (Å²) in [5.74, 6) is 0.942. The van der Waals surface area contributed by atoms with E-state index < -0.39 is 0 Å². The molecule has 128 valence electrons. The summed E-state index contributed by atoms with van der Waals surface area (Å²) < 4.78 is 0. The van der Waals surface area contributed by atoms with Gasteiger partial charge in [0.05, 0.1) is 11.4 Å². The van der Waals surface area contributed by atoms with E-state index in [2.05, 4.69) is 10.1 Å². The third-order valence-corrected chi connectivity index (χ3v) is 3.87. The van der Waals surface area contributed by atoms with Gasteiger partial charge >= 0.3 is 0 Å². The molecule has 6 heteroatoms. The first-order chi connectivity index (χ1) is 12.0. The average Bonchev–Trinajstić information content (AvgIpc) is 2.93. The third-order valence-electron chi connectivity index (χ3n) is 3.87. The monoisotopic (exact) mass is 334 g/mol. The number of rotatable bonds is 3. The van der Waals surface area contributed by atoms with Gasteiger partial charge in [-0.2, -0.15) is 0 Å². The van der Waals surface area contributed by atoms with Crippen LogP contribution in [0.5, 0.6) is 0 Å². The number of benzene rings is 2. The molecule has 25 heavy (non-hydrogen) atoms. The van der Waals surface area contributed by atoms with Crippen molar-refractivity contribution in [3.8, 4) is 0 Å². The fraction of sp³-hybridized carbons (Fsp3) is 0.211. The van der Waals surface area contributed by atoms with E-state index in [-0.39, 0.29) is 5.84 Å². The van der Waals surface area contributed by atoms with Crippen LogP contribution < -0.4 is 9.91 Å². The minimum Gasteiger partial charge on any atom is -0.378 e. The van der Waals surface area contributed by atoms with Crippen LogP contribution in [0.4, 0.5) is 17.1 Å². The molecule has 0 atom stereocenters. The summed E-state index contributed by atoms with van der Waals surface area (Å²) in [5, 5.41) is 14.7. The highest BCUT2D eigenvalue weighted by molar-refractivity contribution is 6.72. The van der Waals surface area contributed by atoms with E-state index in [4.69, 9.17) is 5.41 Å². The Hall–Kier alpha value is -3.15. The minimum absolute atomic E-state index is 0.270. The lowest BCUT2D eigenvalue weighted by Gasteiger charge is -2.13. The number of hydrogen-bond donors (Lipinski definition) is 1. The van der Waals surface area contributed by atoms with Crippen molar-refractivity contribution in [2.75, 3.05) is 38.1 Å². The van der Waals surface area contributed by atoms with E-state index in [9.17, 15) is 0 Å². The van der Waals surface area contributed by atoms with E-state index in [1.807, 2.05) is 92.6 Å². The largest absolute Gasteiger partial charge is 0.378 e. The molecular weight excluding hydrogens is 312 g/mol. The molecule has 2 aromatic carbocycles. The lowest BCUT2D eigenvalue weighted by molar-refractivity contribution is 0.630. The lowest BCUT2D eigenvalue weighted by Crippen LogP contribution is -2.32. The fourth-order valence-electron chi connectivity index (χ4n) is 2.51. The van der Waals surface area contributed by atoms with E-state index in [1.165, 1.54) is 0 Å². The zero-order valence-corrected chi connectivity index (χ0v) is 14.9. The maximum Gasteiger partial charge on any atom is 0.178 e. The molecule has 0 fully saturated rings. The Balaban J connectivity index is 1.97. The molecule has 0 aromatic heterocycles. The molecule has 0 saturated heterocycles. The molecule has 0 amide bonds. The maximum atomic E-state index is 8.53. The van der Waals surface area contributed by atoms with Gasteiger partial charge in [-0.05, 0) is 36.4 Å². The van der Waals surface area contributed by atoms with Gasteiger partial charge in [0.25, 0.3) is 0 Å². The Bertz CT molecular complexity index is 819. The Labute approximate surface area is 148 Å². The van der Waals surface area contributed by atoms with Crippen molar-refractivity contribution in [1.82, 2.24) is 4.90 Å². The molecule has 3 rings (SSSR count). The van der Waals surface area contributed by atoms with Crippen molar-refractivity contribution < 1.29 is 0 Å². The molecule has 0 radical (unpaired) electrons. The Kier molecular flexibility index (Phi) is 4.52. The number of aliphatic imine (C=N–C) groups is 1. The van der Waals surface area contributed by atoms with E-state index in [1.54, 1.807) is 5.01 Å². The van der Waals surface area contributed by atoms with Gasteiger partial charge in [0.1, 0.15) is 0 Å². The van der Waals surface area contributed by atoms with Crippen molar-refractivity contribution in [2.45, 2.75) is 0 Å². The summed E-state index contributed by atoms with van der Waals surface area (Å²) in [6, 6.07) is 17.6. The summed E-state index contributed by atoms with van der Waals surface area (Å²) in [4.78, 5) is 8.60. The van der Waals surface area contributed by atoms with Crippen LogP contribution in [-0.4, -0.2) is 50.5 Å². The number of nitrogens with one attached hydrogen (secondary N) is 1. The predicted octanol–water partition coefficient (Wildman–Crippen LogP) is 3.20. The minimum atomic E-state index is 0.270. The van der Waals surface area contributed by atoms with Gasteiger partial charge in [0.15, 0.2) is 17.4 Å². The second-order valence-corrected chi connectivity index (χ2v) is 6.19. The molecule has 0 aliphatic carbocycles. The SMILES string of the molecule is CN(C)C1=NN(c2ccccc2)C(=N)C1=Nc1ccc(N(C)C)cc1. The second-order valence-electron chi connectivity index (χ2n) is 6.19. The normalized spacial score (nSPS) is 15.5. The Morgan fingerprint density at radius 3 is 2.08 bits per heavy atom. The van der Waals surface area contributed by atoms with Crippen LogP contribution in [0.25, 0.3) is 0 Å².